The zero-order chi connectivity index (χ0) is 19.6. The van der Waals surface area contributed by atoms with Gasteiger partial charge in [0.1, 0.15) is 0 Å². The molecule has 6 nitrogen and oxygen atoms in total. The number of hydrogen-bond acceptors (Lipinski definition) is 6. The molecule has 26 heavy (non-hydrogen) atoms. The largest absolute Gasteiger partial charge is 0.427 e. The lowest BCUT2D eigenvalue weighted by Crippen LogP contribution is -2.42. The fraction of sp³-hybridized carbons (Fsp3) is 0.600. The lowest BCUT2D eigenvalue weighted by molar-refractivity contribution is -0.232. The quantitative estimate of drug-likeness (QED) is 0.600. The lowest BCUT2D eigenvalue weighted by Gasteiger charge is -2.40. The van der Waals surface area contributed by atoms with Crippen LogP contribution in [0.5, 0.6) is 0 Å². The zero-order valence-electron chi connectivity index (χ0n) is 16.4. The standard InChI is InChI=1S/C20H28O6/c1-18(2,3)17(22)24-13-23-16(21)14-9-7-8-10-15(14)20(19(4,5)6)25-11-12-26-20/h7-10H,11-13H2,1-6H3. The first-order chi connectivity index (χ1) is 12.0. The Labute approximate surface area is 154 Å². The molecular weight excluding hydrogens is 336 g/mol. The third kappa shape index (κ3) is 4.07. The molecule has 0 amide bonds. The number of carbonyl (C=O) groups excluding carboxylic acids is 2. The summed E-state index contributed by atoms with van der Waals surface area (Å²) in [4.78, 5) is 24.4. The molecule has 0 saturated carbocycles. The molecule has 1 saturated heterocycles. The van der Waals surface area contributed by atoms with E-state index in [4.69, 9.17) is 18.9 Å². The second-order valence-corrected chi connectivity index (χ2v) is 8.34. The van der Waals surface area contributed by atoms with E-state index in [0.29, 0.717) is 24.3 Å². The monoisotopic (exact) mass is 364 g/mol. The van der Waals surface area contributed by atoms with E-state index in [2.05, 4.69) is 0 Å². The van der Waals surface area contributed by atoms with Gasteiger partial charge in [-0.05, 0) is 26.8 Å². The van der Waals surface area contributed by atoms with Crippen LogP contribution in [0.15, 0.2) is 24.3 Å². The average Bonchev–Trinajstić information content (AvgIpc) is 3.04. The van der Waals surface area contributed by atoms with Crippen molar-refractivity contribution in [1.82, 2.24) is 0 Å². The minimum atomic E-state index is -1.04. The summed E-state index contributed by atoms with van der Waals surface area (Å²) in [7, 11) is 0. The second kappa shape index (κ2) is 7.37. The highest BCUT2D eigenvalue weighted by Gasteiger charge is 2.50. The van der Waals surface area contributed by atoms with Gasteiger partial charge in [0, 0.05) is 11.0 Å². The Bertz CT molecular complexity index is 660. The summed E-state index contributed by atoms with van der Waals surface area (Å²) < 4.78 is 22.1. The zero-order valence-corrected chi connectivity index (χ0v) is 16.4. The van der Waals surface area contributed by atoms with Crippen LogP contribution in [0.1, 0.15) is 57.5 Å². The SMILES string of the molecule is CC(C)(C)C(=O)OCOC(=O)c1ccccc1C1(C(C)(C)C)OCCO1. The molecule has 144 valence electrons. The first-order valence-corrected chi connectivity index (χ1v) is 8.71. The topological polar surface area (TPSA) is 71.1 Å². The Hall–Kier alpha value is -1.92. The van der Waals surface area contributed by atoms with Crippen LogP contribution in [0.25, 0.3) is 0 Å². The summed E-state index contributed by atoms with van der Waals surface area (Å²) in [5, 5.41) is 0. The van der Waals surface area contributed by atoms with E-state index in [1.54, 1.807) is 39.0 Å². The number of rotatable bonds is 4. The summed E-state index contributed by atoms with van der Waals surface area (Å²) in [6, 6.07) is 7.02. The molecule has 1 aromatic carbocycles. The number of ether oxygens (including phenoxy) is 4. The van der Waals surface area contributed by atoms with E-state index >= 15 is 0 Å². The van der Waals surface area contributed by atoms with Gasteiger partial charge in [0.2, 0.25) is 12.6 Å². The minimum absolute atomic E-state index is 0.330. The maximum absolute atomic E-state index is 12.6. The Morgan fingerprint density at radius 2 is 1.58 bits per heavy atom. The summed E-state index contributed by atoms with van der Waals surface area (Å²) in [5.41, 5.74) is -0.127. The third-order valence-corrected chi connectivity index (χ3v) is 4.18. The van der Waals surface area contributed by atoms with E-state index in [0.717, 1.165) is 0 Å². The smallest absolute Gasteiger partial charge is 0.341 e. The molecule has 2 rings (SSSR count). The van der Waals surface area contributed by atoms with E-state index < -0.39 is 35.3 Å². The van der Waals surface area contributed by atoms with Crippen LogP contribution in [-0.2, 0) is 29.5 Å². The van der Waals surface area contributed by atoms with Crippen LogP contribution >= 0.6 is 0 Å². The van der Waals surface area contributed by atoms with Gasteiger partial charge in [0.15, 0.2) is 0 Å². The second-order valence-electron chi connectivity index (χ2n) is 8.34. The van der Waals surface area contributed by atoms with Crippen molar-refractivity contribution in [3.8, 4) is 0 Å². The van der Waals surface area contributed by atoms with Gasteiger partial charge in [-0.25, -0.2) is 4.79 Å². The van der Waals surface area contributed by atoms with Crippen LogP contribution in [-0.4, -0.2) is 31.9 Å². The molecule has 0 unspecified atom stereocenters. The predicted octanol–water partition coefficient (Wildman–Crippen LogP) is 3.64. The Kier molecular flexibility index (Phi) is 5.78. The van der Waals surface area contributed by atoms with Gasteiger partial charge in [-0.2, -0.15) is 0 Å². The van der Waals surface area contributed by atoms with E-state index in [1.807, 2.05) is 26.8 Å². The van der Waals surface area contributed by atoms with Crippen LogP contribution in [0, 0.1) is 10.8 Å². The Morgan fingerprint density at radius 3 is 2.12 bits per heavy atom. The molecule has 0 bridgehead atoms. The molecule has 0 N–H and O–H groups in total. The van der Waals surface area contributed by atoms with Crippen LogP contribution in [0.2, 0.25) is 0 Å². The predicted molar refractivity (Wildman–Crippen MR) is 95.3 cm³/mol. The summed E-state index contributed by atoms with van der Waals surface area (Å²) in [6.45, 7) is 11.6. The van der Waals surface area contributed by atoms with Gasteiger partial charge < -0.3 is 18.9 Å². The fourth-order valence-corrected chi connectivity index (χ4v) is 2.78. The van der Waals surface area contributed by atoms with Gasteiger partial charge in [-0.1, -0.05) is 39.0 Å². The van der Waals surface area contributed by atoms with Gasteiger partial charge in [0.25, 0.3) is 0 Å². The number of carbonyl (C=O) groups is 2. The highest BCUT2D eigenvalue weighted by molar-refractivity contribution is 5.91. The molecule has 1 aliphatic heterocycles. The van der Waals surface area contributed by atoms with Crippen molar-refractivity contribution in [3.05, 3.63) is 35.4 Å². The molecule has 1 aromatic rings. The van der Waals surface area contributed by atoms with Gasteiger partial charge in [-0.3, -0.25) is 4.79 Å². The van der Waals surface area contributed by atoms with Crippen molar-refractivity contribution >= 4 is 11.9 Å². The van der Waals surface area contributed by atoms with Crippen LogP contribution < -0.4 is 0 Å². The van der Waals surface area contributed by atoms with Gasteiger partial charge >= 0.3 is 11.9 Å². The molecule has 1 heterocycles. The first-order valence-electron chi connectivity index (χ1n) is 8.71. The average molecular weight is 364 g/mol. The number of benzene rings is 1. The van der Waals surface area contributed by atoms with Crippen molar-refractivity contribution in [2.24, 2.45) is 10.8 Å². The van der Waals surface area contributed by atoms with Crippen LogP contribution in [0.3, 0.4) is 0 Å². The molecule has 0 aliphatic carbocycles. The molecule has 0 atom stereocenters. The third-order valence-electron chi connectivity index (χ3n) is 4.18. The van der Waals surface area contributed by atoms with Gasteiger partial charge in [-0.15, -0.1) is 0 Å². The van der Waals surface area contributed by atoms with Crippen molar-refractivity contribution in [2.75, 3.05) is 20.0 Å². The van der Waals surface area contributed by atoms with Crippen molar-refractivity contribution in [3.63, 3.8) is 0 Å². The molecule has 0 radical (unpaired) electrons. The summed E-state index contributed by atoms with van der Waals surface area (Å²) >= 11 is 0. The molecule has 1 fully saturated rings. The Balaban J connectivity index is 2.21. The molecule has 0 aromatic heterocycles. The van der Waals surface area contributed by atoms with Crippen molar-refractivity contribution < 1.29 is 28.5 Å². The van der Waals surface area contributed by atoms with Crippen molar-refractivity contribution in [1.29, 1.82) is 0 Å². The highest BCUT2D eigenvalue weighted by Crippen LogP contribution is 2.47. The van der Waals surface area contributed by atoms with Crippen molar-refractivity contribution in [2.45, 2.75) is 47.3 Å². The maximum Gasteiger partial charge on any atom is 0.341 e. The number of esters is 2. The minimum Gasteiger partial charge on any atom is -0.427 e. The summed E-state index contributed by atoms with van der Waals surface area (Å²) in [5.74, 6) is -2.07. The molecule has 0 spiro atoms. The fourth-order valence-electron chi connectivity index (χ4n) is 2.78. The van der Waals surface area contributed by atoms with E-state index in [-0.39, 0.29) is 0 Å². The molecular formula is C20H28O6. The normalized spacial score (nSPS) is 17.0. The first kappa shape index (κ1) is 20.4. The Morgan fingerprint density at radius 1 is 1.00 bits per heavy atom. The molecule has 1 aliphatic rings. The van der Waals surface area contributed by atoms with Crippen LogP contribution in [0.4, 0.5) is 0 Å². The maximum atomic E-state index is 12.6. The molecule has 6 heteroatoms. The van der Waals surface area contributed by atoms with E-state index in [9.17, 15) is 9.59 Å². The lowest BCUT2D eigenvalue weighted by atomic mass is 9.79. The number of hydrogen-bond donors (Lipinski definition) is 0. The summed E-state index contributed by atoms with van der Waals surface area (Å²) in [6.07, 6.45) is 0. The van der Waals surface area contributed by atoms with E-state index in [1.165, 1.54) is 0 Å². The van der Waals surface area contributed by atoms with Gasteiger partial charge in [0.05, 0.1) is 24.2 Å². The highest BCUT2D eigenvalue weighted by atomic mass is 16.7.